The van der Waals surface area contributed by atoms with Gasteiger partial charge in [0.2, 0.25) is 0 Å². The monoisotopic (exact) mass is 630 g/mol. The van der Waals surface area contributed by atoms with E-state index in [9.17, 15) is 4.79 Å². The minimum atomic E-state index is -0.547. The fraction of sp³-hybridized carbons (Fsp3) is 0.471. The summed E-state index contributed by atoms with van der Waals surface area (Å²) in [6, 6.07) is 14.4. The van der Waals surface area contributed by atoms with Crippen molar-refractivity contribution >= 4 is 33.6 Å². The lowest BCUT2D eigenvalue weighted by Crippen LogP contribution is -2.50. The smallest absolute Gasteiger partial charge is 0.410 e. The van der Waals surface area contributed by atoms with Crippen LogP contribution in [0.2, 0.25) is 0 Å². The Bertz CT molecular complexity index is 1660. The molecule has 1 amide bonds. The molecule has 0 bridgehead atoms. The Kier molecular flexibility index (Phi) is 9.67. The molecule has 0 saturated carbocycles. The van der Waals surface area contributed by atoms with E-state index >= 15 is 0 Å². The Morgan fingerprint density at radius 1 is 0.935 bits per heavy atom. The summed E-state index contributed by atoms with van der Waals surface area (Å²) >= 11 is 0. The van der Waals surface area contributed by atoms with Gasteiger partial charge in [0.05, 0.1) is 29.8 Å². The lowest BCUT2D eigenvalue weighted by molar-refractivity contribution is 0.0240. The van der Waals surface area contributed by atoms with Gasteiger partial charge in [0.1, 0.15) is 23.8 Å². The topological polar surface area (TPSA) is 112 Å². The average molecular weight is 631 g/mol. The van der Waals surface area contributed by atoms with Crippen molar-refractivity contribution in [3.05, 3.63) is 48.7 Å². The first-order valence-electron chi connectivity index (χ1n) is 15.8. The Morgan fingerprint density at radius 2 is 1.72 bits per heavy atom. The molecule has 2 aromatic heterocycles. The van der Waals surface area contributed by atoms with Gasteiger partial charge < -0.3 is 33.5 Å². The summed E-state index contributed by atoms with van der Waals surface area (Å²) in [5.41, 5.74) is 1.85. The molecule has 46 heavy (non-hydrogen) atoms. The van der Waals surface area contributed by atoms with Gasteiger partial charge >= 0.3 is 12.1 Å². The van der Waals surface area contributed by atoms with E-state index in [1.54, 1.807) is 12.0 Å². The molecule has 0 aliphatic carbocycles. The minimum absolute atomic E-state index is 0.145. The number of nitrogens with zero attached hydrogens (tertiary/aromatic N) is 6. The maximum atomic E-state index is 12.7. The summed E-state index contributed by atoms with van der Waals surface area (Å²) in [5, 5.41) is 2.89. The Labute approximate surface area is 269 Å². The van der Waals surface area contributed by atoms with E-state index in [2.05, 4.69) is 21.9 Å². The molecular weight excluding hydrogens is 588 g/mol. The molecule has 2 saturated heterocycles. The molecule has 2 aliphatic heterocycles. The van der Waals surface area contributed by atoms with Crippen molar-refractivity contribution in [3.8, 4) is 23.0 Å². The van der Waals surface area contributed by atoms with E-state index in [1.165, 1.54) is 0 Å². The second kappa shape index (κ2) is 14.0. The quantitative estimate of drug-likeness (QED) is 0.242. The van der Waals surface area contributed by atoms with Crippen LogP contribution in [0.4, 0.5) is 10.6 Å². The number of carbonyl (C=O) groups excluding carboxylic acids is 1. The second-order valence-corrected chi connectivity index (χ2v) is 12.4. The van der Waals surface area contributed by atoms with E-state index in [1.807, 2.05) is 57.3 Å². The van der Waals surface area contributed by atoms with Crippen molar-refractivity contribution in [2.45, 2.75) is 26.4 Å². The third kappa shape index (κ3) is 7.57. The van der Waals surface area contributed by atoms with E-state index in [-0.39, 0.29) is 12.9 Å². The molecule has 6 rings (SSSR count). The van der Waals surface area contributed by atoms with Gasteiger partial charge in [-0.1, -0.05) is 24.3 Å². The lowest BCUT2D eigenvalue weighted by Gasteiger charge is -2.36. The Balaban J connectivity index is 1.32. The van der Waals surface area contributed by atoms with Crippen LogP contribution >= 0.6 is 0 Å². The zero-order valence-corrected chi connectivity index (χ0v) is 27.0. The van der Waals surface area contributed by atoms with Crippen molar-refractivity contribution in [3.63, 3.8) is 0 Å². The van der Waals surface area contributed by atoms with Crippen LogP contribution in [0.5, 0.6) is 11.8 Å². The van der Waals surface area contributed by atoms with Gasteiger partial charge in [0.15, 0.2) is 6.79 Å². The normalized spacial score (nSPS) is 16.2. The number of hydrogen-bond donors (Lipinski definition) is 0. The molecule has 4 heterocycles. The van der Waals surface area contributed by atoms with Gasteiger partial charge in [0.25, 0.3) is 0 Å². The molecular formula is C34H42N6O6. The Hall–Kier alpha value is -4.26. The third-order valence-corrected chi connectivity index (χ3v) is 7.97. The fourth-order valence-corrected chi connectivity index (χ4v) is 5.66. The summed E-state index contributed by atoms with van der Waals surface area (Å²) in [7, 11) is 1.60. The van der Waals surface area contributed by atoms with E-state index in [4.69, 9.17) is 38.6 Å². The number of fused-ring (bicyclic) bond motifs is 2. The fourth-order valence-electron chi connectivity index (χ4n) is 5.66. The molecule has 0 atom stereocenters. The van der Waals surface area contributed by atoms with E-state index in [0.717, 1.165) is 71.6 Å². The highest BCUT2D eigenvalue weighted by Crippen LogP contribution is 2.35. The van der Waals surface area contributed by atoms with Gasteiger partial charge in [-0.05, 0) is 49.7 Å². The van der Waals surface area contributed by atoms with Crippen LogP contribution in [-0.2, 0) is 14.2 Å². The Morgan fingerprint density at radius 3 is 2.48 bits per heavy atom. The molecule has 4 aromatic rings. The third-order valence-electron chi connectivity index (χ3n) is 7.97. The number of benzene rings is 2. The number of amides is 1. The molecule has 2 aliphatic rings. The zero-order chi connectivity index (χ0) is 32.1. The van der Waals surface area contributed by atoms with Crippen LogP contribution in [0.15, 0.2) is 48.7 Å². The molecule has 12 nitrogen and oxygen atoms in total. The molecule has 0 radical (unpaired) electrons. The van der Waals surface area contributed by atoms with E-state index in [0.29, 0.717) is 44.5 Å². The van der Waals surface area contributed by atoms with Crippen molar-refractivity contribution in [2.24, 2.45) is 0 Å². The number of pyridine rings is 1. The van der Waals surface area contributed by atoms with Gasteiger partial charge in [-0.2, -0.15) is 9.97 Å². The maximum absolute atomic E-state index is 12.7. The van der Waals surface area contributed by atoms with Crippen LogP contribution in [0, 0.1) is 0 Å². The first-order valence-corrected chi connectivity index (χ1v) is 15.8. The molecule has 244 valence electrons. The summed E-state index contributed by atoms with van der Waals surface area (Å²) < 4.78 is 28.2. The highest BCUT2D eigenvalue weighted by atomic mass is 16.7. The average Bonchev–Trinajstić information content (AvgIpc) is 3.06. The largest absolute Gasteiger partial charge is 0.468 e. The minimum Gasteiger partial charge on any atom is -0.468 e. The first-order chi connectivity index (χ1) is 22.3. The van der Waals surface area contributed by atoms with Crippen LogP contribution in [-0.4, -0.2) is 116 Å². The number of morpholine rings is 1. The number of anilines is 1. The van der Waals surface area contributed by atoms with Crippen LogP contribution in [0.3, 0.4) is 0 Å². The van der Waals surface area contributed by atoms with Crippen LogP contribution in [0.1, 0.15) is 20.8 Å². The SMILES string of the molecule is COCOc1cc(-c2cc3nc(OCCN4CCOCC4)nc(N4CCN(C(=O)OC(C)(C)C)CC4)c3cn2)c2ccccc2c1. The van der Waals surface area contributed by atoms with Crippen LogP contribution in [0.25, 0.3) is 32.9 Å². The molecule has 2 aromatic carbocycles. The molecule has 0 unspecified atom stereocenters. The number of methoxy groups -OCH3 is 1. The van der Waals surface area contributed by atoms with Gasteiger partial charge in [-0.25, -0.2) is 4.79 Å². The van der Waals surface area contributed by atoms with Gasteiger partial charge in [-0.3, -0.25) is 9.88 Å². The number of ether oxygens (including phenoxy) is 5. The predicted molar refractivity (Wildman–Crippen MR) is 176 cm³/mol. The van der Waals surface area contributed by atoms with Crippen LogP contribution < -0.4 is 14.4 Å². The van der Waals surface area contributed by atoms with Gasteiger partial charge in [0, 0.05) is 64.7 Å². The van der Waals surface area contributed by atoms with Crippen molar-refractivity contribution in [1.82, 2.24) is 24.8 Å². The maximum Gasteiger partial charge on any atom is 0.410 e. The van der Waals surface area contributed by atoms with Gasteiger partial charge in [-0.15, -0.1) is 0 Å². The van der Waals surface area contributed by atoms with Crippen molar-refractivity contribution < 1.29 is 28.5 Å². The molecule has 2 fully saturated rings. The molecule has 0 spiro atoms. The highest BCUT2D eigenvalue weighted by Gasteiger charge is 2.28. The number of carbonyl (C=O) groups is 1. The lowest BCUT2D eigenvalue weighted by atomic mass is 10.0. The number of aromatic nitrogens is 3. The second-order valence-electron chi connectivity index (χ2n) is 12.4. The summed E-state index contributed by atoms with van der Waals surface area (Å²) in [6.45, 7) is 12.4. The molecule has 12 heteroatoms. The predicted octanol–water partition coefficient (Wildman–Crippen LogP) is 4.60. The highest BCUT2D eigenvalue weighted by molar-refractivity contribution is 5.99. The number of rotatable bonds is 9. The number of piperazine rings is 1. The summed E-state index contributed by atoms with van der Waals surface area (Å²) in [4.78, 5) is 33.6. The molecule has 0 N–H and O–H groups in total. The van der Waals surface area contributed by atoms with Crippen molar-refractivity contribution in [2.75, 3.05) is 84.4 Å². The number of hydrogen-bond acceptors (Lipinski definition) is 11. The standard InChI is InChI=1S/C34H42N6O6/c1-34(2,3)46-33(41)40-11-9-39(10-12-40)31-28-22-35-29(27-20-25(45-23-42-4)19-24-7-5-6-8-26(24)27)21-30(28)36-32(37-31)44-18-15-38-13-16-43-17-14-38/h5-8,19-22H,9-18,23H2,1-4H3. The zero-order valence-electron chi connectivity index (χ0n) is 27.0. The summed E-state index contributed by atoms with van der Waals surface area (Å²) in [6.07, 6.45) is 1.52. The van der Waals surface area contributed by atoms with Crippen molar-refractivity contribution in [1.29, 1.82) is 0 Å². The first kappa shape index (κ1) is 31.7. The summed E-state index contributed by atoms with van der Waals surface area (Å²) in [5.74, 6) is 1.42. The van der Waals surface area contributed by atoms with E-state index < -0.39 is 5.60 Å².